The summed E-state index contributed by atoms with van der Waals surface area (Å²) < 4.78 is 9.43. The maximum atomic E-state index is 11.4. The number of esters is 2. The van der Waals surface area contributed by atoms with Crippen molar-refractivity contribution in [1.29, 1.82) is 0 Å². The summed E-state index contributed by atoms with van der Waals surface area (Å²) in [5.41, 5.74) is 0.173. The topological polar surface area (TPSA) is 89.9 Å². The summed E-state index contributed by atoms with van der Waals surface area (Å²) in [6.07, 6.45) is 0. The molecule has 0 unspecified atom stereocenters. The van der Waals surface area contributed by atoms with Crippen molar-refractivity contribution in [3.8, 4) is 0 Å². The molecule has 6 heteroatoms. The van der Waals surface area contributed by atoms with Crippen LogP contribution in [0.4, 0.5) is 0 Å². The van der Waals surface area contributed by atoms with Gasteiger partial charge in [-0.1, -0.05) is 6.58 Å². The van der Waals surface area contributed by atoms with Gasteiger partial charge in [0.05, 0.1) is 0 Å². The summed E-state index contributed by atoms with van der Waals surface area (Å²) in [6.45, 7) is 7.30. The van der Waals surface area contributed by atoms with Gasteiger partial charge in [0.2, 0.25) is 0 Å². The molecule has 0 aliphatic rings. The van der Waals surface area contributed by atoms with Crippen LogP contribution < -0.4 is 0 Å². The maximum Gasteiger partial charge on any atom is 0.334 e. The van der Waals surface area contributed by atoms with E-state index in [0.29, 0.717) is 0 Å². The molecule has 0 aliphatic heterocycles. The third-order valence-corrected chi connectivity index (χ3v) is 2.09. The lowest BCUT2D eigenvalue weighted by Crippen LogP contribution is -2.16. The summed E-state index contributed by atoms with van der Waals surface area (Å²) in [5, 5.41) is 8.66. The highest BCUT2D eigenvalue weighted by atomic mass is 16.6. The van der Waals surface area contributed by atoms with Crippen LogP contribution in [-0.2, 0) is 23.9 Å². The van der Waals surface area contributed by atoms with E-state index in [2.05, 4.69) is 6.58 Å². The molecule has 0 heterocycles. The third kappa shape index (κ3) is 5.29. The van der Waals surface area contributed by atoms with E-state index >= 15 is 0 Å². The van der Waals surface area contributed by atoms with Crippen molar-refractivity contribution in [3.63, 3.8) is 0 Å². The molecule has 0 rings (SSSR count). The molecule has 0 aliphatic carbocycles. The first-order valence-electron chi connectivity index (χ1n) is 5.18. The predicted octanol–water partition coefficient (Wildman–Crippen LogP) is 1.07. The van der Waals surface area contributed by atoms with E-state index in [9.17, 15) is 14.4 Å². The molecule has 6 nitrogen and oxygen atoms in total. The number of aliphatic carboxylic acids is 1. The molecule has 100 valence electrons. The summed E-state index contributed by atoms with van der Waals surface area (Å²) >= 11 is 0. The quantitative estimate of drug-likeness (QED) is 0.434. The largest absolute Gasteiger partial charge is 0.478 e. The zero-order valence-corrected chi connectivity index (χ0v) is 10.6. The molecule has 0 radical (unpaired) electrons. The molecule has 0 aromatic carbocycles. The minimum atomic E-state index is -1.18. The third-order valence-electron chi connectivity index (χ3n) is 2.09. The van der Waals surface area contributed by atoms with Crippen molar-refractivity contribution in [2.45, 2.75) is 20.8 Å². The Bertz CT molecular complexity index is 405. The second-order valence-electron chi connectivity index (χ2n) is 3.61. The number of hydrogen-bond donors (Lipinski definition) is 1. The summed E-state index contributed by atoms with van der Waals surface area (Å²) in [7, 11) is 0. The van der Waals surface area contributed by atoms with Crippen LogP contribution in [0.25, 0.3) is 0 Å². The summed E-state index contributed by atoms with van der Waals surface area (Å²) in [4.78, 5) is 32.9. The first kappa shape index (κ1) is 15.9. The van der Waals surface area contributed by atoms with Crippen molar-refractivity contribution < 1.29 is 29.0 Å². The van der Waals surface area contributed by atoms with E-state index in [1.54, 1.807) is 0 Å². The maximum absolute atomic E-state index is 11.4. The van der Waals surface area contributed by atoms with Gasteiger partial charge >= 0.3 is 17.9 Å². The first-order chi connectivity index (χ1) is 8.27. The highest BCUT2D eigenvalue weighted by Gasteiger charge is 2.14. The fraction of sp³-hybridized carbons (Fsp3) is 0.417. The number of carboxylic acids is 1. The number of rotatable bonds is 6. The Morgan fingerprint density at radius 2 is 1.39 bits per heavy atom. The van der Waals surface area contributed by atoms with Gasteiger partial charge in [0.1, 0.15) is 13.2 Å². The van der Waals surface area contributed by atoms with E-state index in [-0.39, 0.29) is 29.9 Å². The number of carbonyl (C=O) groups is 3. The van der Waals surface area contributed by atoms with Crippen molar-refractivity contribution >= 4 is 17.9 Å². The van der Waals surface area contributed by atoms with Gasteiger partial charge in [0.15, 0.2) is 0 Å². The van der Waals surface area contributed by atoms with Gasteiger partial charge in [-0.05, 0) is 20.8 Å². The zero-order chi connectivity index (χ0) is 14.3. The van der Waals surface area contributed by atoms with Crippen molar-refractivity contribution in [1.82, 2.24) is 0 Å². The second-order valence-corrected chi connectivity index (χ2v) is 3.61. The Labute approximate surface area is 105 Å². The normalized spacial score (nSPS) is 11.3. The van der Waals surface area contributed by atoms with Gasteiger partial charge in [-0.3, -0.25) is 0 Å². The molecule has 0 bridgehead atoms. The molecule has 0 saturated heterocycles. The van der Waals surface area contributed by atoms with E-state index < -0.39 is 17.9 Å². The summed E-state index contributed by atoms with van der Waals surface area (Å²) in [5.74, 6) is -2.50. The van der Waals surface area contributed by atoms with Crippen LogP contribution in [0.1, 0.15) is 20.8 Å². The van der Waals surface area contributed by atoms with Gasteiger partial charge in [-0.15, -0.1) is 0 Å². The average Bonchev–Trinajstić information content (AvgIpc) is 2.31. The highest BCUT2D eigenvalue weighted by Crippen LogP contribution is 2.05. The molecule has 0 atom stereocenters. The van der Waals surface area contributed by atoms with E-state index in [0.717, 1.165) is 0 Å². The monoisotopic (exact) mass is 256 g/mol. The van der Waals surface area contributed by atoms with Crippen LogP contribution in [0.2, 0.25) is 0 Å². The van der Waals surface area contributed by atoms with Gasteiger partial charge in [-0.25, -0.2) is 14.4 Å². The van der Waals surface area contributed by atoms with Crippen LogP contribution in [0.15, 0.2) is 23.3 Å². The van der Waals surface area contributed by atoms with Gasteiger partial charge < -0.3 is 14.6 Å². The molecule has 0 fully saturated rings. The van der Waals surface area contributed by atoms with Crippen LogP contribution in [-0.4, -0.2) is 36.2 Å². The molecule has 0 amide bonds. The molecular weight excluding hydrogens is 240 g/mol. The SMILES string of the molecule is C=C(C)C(=O)OCCOC(=O)C(C)=C(C)C(=O)O. The minimum absolute atomic E-state index is 0.00808. The molecule has 1 N–H and O–H groups in total. The molecule has 0 aromatic heterocycles. The molecule has 0 aromatic rings. The smallest absolute Gasteiger partial charge is 0.334 e. The average molecular weight is 256 g/mol. The van der Waals surface area contributed by atoms with E-state index in [4.69, 9.17) is 14.6 Å². The molecule has 0 spiro atoms. The fourth-order valence-corrected chi connectivity index (χ4v) is 0.814. The zero-order valence-electron chi connectivity index (χ0n) is 10.6. The number of carboxylic acid groups (broad SMARTS) is 1. The standard InChI is InChI=1S/C12H16O6/c1-7(2)11(15)17-5-6-18-12(16)9(4)8(3)10(13)14/h1,5-6H2,2-4H3,(H,13,14). The van der Waals surface area contributed by atoms with Gasteiger partial charge in [0, 0.05) is 16.7 Å². The van der Waals surface area contributed by atoms with Crippen molar-refractivity contribution in [3.05, 3.63) is 23.3 Å². The van der Waals surface area contributed by atoms with Crippen LogP contribution in [0.5, 0.6) is 0 Å². The van der Waals surface area contributed by atoms with Crippen LogP contribution in [0.3, 0.4) is 0 Å². The molecule has 0 saturated carbocycles. The molecular formula is C12H16O6. The minimum Gasteiger partial charge on any atom is -0.478 e. The number of hydrogen-bond acceptors (Lipinski definition) is 5. The Kier molecular flexibility index (Phi) is 6.41. The second kappa shape index (κ2) is 7.26. The van der Waals surface area contributed by atoms with Crippen LogP contribution in [0, 0.1) is 0 Å². The Morgan fingerprint density at radius 1 is 0.944 bits per heavy atom. The van der Waals surface area contributed by atoms with Crippen LogP contribution >= 0.6 is 0 Å². The highest BCUT2D eigenvalue weighted by molar-refractivity contribution is 5.98. The lowest BCUT2D eigenvalue weighted by atomic mass is 10.1. The predicted molar refractivity (Wildman–Crippen MR) is 62.7 cm³/mol. The summed E-state index contributed by atoms with van der Waals surface area (Å²) in [6, 6.07) is 0. The number of ether oxygens (including phenoxy) is 2. The Balaban J connectivity index is 4.14. The first-order valence-corrected chi connectivity index (χ1v) is 5.18. The fourth-order valence-electron chi connectivity index (χ4n) is 0.814. The van der Waals surface area contributed by atoms with Gasteiger partial charge in [0.25, 0.3) is 0 Å². The van der Waals surface area contributed by atoms with Crippen molar-refractivity contribution in [2.75, 3.05) is 13.2 Å². The lowest BCUT2D eigenvalue weighted by molar-refractivity contribution is -0.147. The Morgan fingerprint density at radius 3 is 1.78 bits per heavy atom. The van der Waals surface area contributed by atoms with E-state index in [1.807, 2.05) is 0 Å². The molecule has 18 heavy (non-hydrogen) atoms. The lowest BCUT2D eigenvalue weighted by Gasteiger charge is -2.07. The van der Waals surface area contributed by atoms with E-state index in [1.165, 1.54) is 20.8 Å². The van der Waals surface area contributed by atoms with Crippen molar-refractivity contribution in [2.24, 2.45) is 0 Å². The Hall–Kier alpha value is -2.11. The van der Waals surface area contributed by atoms with Gasteiger partial charge in [-0.2, -0.15) is 0 Å². The number of carbonyl (C=O) groups excluding carboxylic acids is 2.